The number of guanidine groups is 1. The van der Waals surface area contributed by atoms with Gasteiger partial charge in [-0.05, 0) is 26.7 Å². The van der Waals surface area contributed by atoms with Crippen molar-refractivity contribution in [1.82, 2.24) is 15.8 Å². The van der Waals surface area contributed by atoms with E-state index in [0.29, 0.717) is 19.1 Å². The summed E-state index contributed by atoms with van der Waals surface area (Å²) in [5.41, 5.74) is 1.03. The molecule has 0 aliphatic carbocycles. The largest absolute Gasteiger partial charge is 0.380 e. The second-order valence-electron chi connectivity index (χ2n) is 5.05. The standard InChI is InChI=1S/C16H30N4O2/c1-5-13(6-2)15-11-14(22-20-15)12-19-16(17-7-3)18-9-10-21-8-4/h11,13H,5-10,12H2,1-4H3,(H2,17,18,19). The fraction of sp³-hybridized carbons (Fsp3) is 0.750. The van der Waals surface area contributed by atoms with Crippen molar-refractivity contribution in [3.05, 3.63) is 17.5 Å². The molecule has 6 heteroatoms. The summed E-state index contributed by atoms with van der Waals surface area (Å²) in [6.45, 7) is 11.8. The van der Waals surface area contributed by atoms with Crippen LogP contribution in [-0.4, -0.2) is 37.4 Å². The molecule has 0 aliphatic heterocycles. The molecule has 0 aromatic carbocycles. The van der Waals surface area contributed by atoms with Crippen LogP contribution in [0.3, 0.4) is 0 Å². The molecule has 1 aromatic heterocycles. The van der Waals surface area contributed by atoms with Crippen LogP contribution in [0.4, 0.5) is 0 Å². The summed E-state index contributed by atoms with van der Waals surface area (Å²) >= 11 is 0. The third-order valence-electron chi connectivity index (χ3n) is 3.46. The van der Waals surface area contributed by atoms with Crippen molar-refractivity contribution in [1.29, 1.82) is 0 Å². The number of hydrogen-bond donors (Lipinski definition) is 2. The fourth-order valence-electron chi connectivity index (χ4n) is 2.19. The summed E-state index contributed by atoms with van der Waals surface area (Å²) in [5, 5.41) is 10.6. The van der Waals surface area contributed by atoms with E-state index < -0.39 is 0 Å². The zero-order valence-corrected chi connectivity index (χ0v) is 14.3. The molecule has 0 atom stereocenters. The van der Waals surface area contributed by atoms with Crippen molar-refractivity contribution < 1.29 is 9.26 Å². The quantitative estimate of drug-likeness (QED) is 0.395. The summed E-state index contributed by atoms with van der Waals surface area (Å²) in [7, 11) is 0. The number of aliphatic imine (C=N–C) groups is 1. The van der Waals surface area contributed by atoms with Gasteiger partial charge in [0.2, 0.25) is 0 Å². The maximum Gasteiger partial charge on any atom is 0.191 e. The molecule has 0 amide bonds. The maximum absolute atomic E-state index is 5.38. The van der Waals surface area contributed by atoms with E-state index in [2.05, 4.69) is 34.6 Å². The zero-order chi connectivity index (χ0) is 16.2. The normalized spacial score (nSPS) is 12.0. The Kier molecular flexibility index (Phi) is 9.30. The summed E-state index contributed by atoms with van der Waals surface area (Å²) in [6, 6.07) is 2.02. The summed E-state index contributed by atoms with van der Waals surface area (Å²) in [6.07, 6.45) is 2.15. The topological polar surface area (TPSA) is 71.7 Å². The van der Waals surface area contributed by atoms with Gasteiger partial charge in [-0.25, -0.2) is 4.99 Å². The molecule has 126 valence electrons. The molecule has 1 heterocycles. The van der Waals surface area contributed by atoms with Gasteiger partial charge in [0.25, 0.3) is 0 Å². The monoisotopic (exact) mass is 310 g/mol. The van der Waals surface area contributed by atoms with E-state index in [-0.39, 0.29) is 0 Å². The number of nitrogens with one attached hydrogen (secondary N) is 2. The molecule has 6 nitrogen and oxygen atoms in total. The van der Waals surface area contributed by atoms with Crippen molar-refractivity contribution >= 4 is 5.96 Å². The van der Waals surface area contributed by atoms with Crippen molar-refractivity contribution in [3.63, 3.8) is 0 Å². The SMILES string of the molecule is CCNC(=NCc1cc(C(CC)CC)no1)NCCOCC. The molecule has 1 aromatic rings. The number of rotatable bonds is 10. The van der Waals surface area contributed by atoms with E-state index in [1.54, 1.807) is 0 Å². The molecule has 1 rings (SSSR count). The van der Waals surface area contributed by atoms with Crippen LogP contribution in [0.1, 0.15) is 57.9 Å². The Labute approximate surface area is 133 Å². The maximum atomic E-state index is 5.38. The predicted octanol–water partition coefficient (Wildman–Crippen LogP) is 2.67. The van der Waals surface area contributed by atoms with Gasteiger partial charge in [-0.15, -0.1) is 0 Å². The van der Waals surface area contributed by atoms with Crippen LogP contribution in [0.15, 0.2) is 15.6 Å². The van der Waals surface area contributed by atoms with Gasteiger partial charge in [-0.1, -0.05) is 19.0 Å². The molecular formula is C16H30N4O2. The average Bonchev–Trinajstić information content (AvgIpc) is 2.99. The van der Waals surface area contributed by atoms with Gasteiger partial charge in [0.05, 0.1) is 12.3 Å². The molecule has 0 saturated heterocycles. The van der Waals surface area contributed by atoms with E-state index in [0.717, 1.165) is 50.0 Å². The number of nitrogens with zero attached hydrogens (tertiary/aromatic N) is 2. The van der Waals surface area contributed by atoms with E-state index in [1.807, 2.05) is 19.9 Å². The Morgan fingerprint density at radius 2 is 2.05 bits per heavy atom. The van der Waals surface area contributed by atoms with E-state index in [9.17, 15) is 0 Å². The second kappa shape index (κ2) is 11.1. The van der Waals surface area contributed by atoms with Crippen LogP contribution in [0, 0.1) is 0 Å². The Bertz CT molecular complexity index is 428. The van der Waals surface area contributed by atoms with Crippen LogP contribution in [-0.2, 0) is 11.3 Å². The van der Waals surface area contributed by atoms with E-state index in [4.69, 9.17) is 9.26 Å². The van der Waals surface area contributed by atoms with Gasteiger partial charge in [-0.3, -0.25) is 0 Å². The minimum atomic E-state index is 0.471. The van der Waals surface area contributed by atoms with Gasteiger partial charge >= 0.3 is 0 Å². The lowest BCUT2D eigenvalue weighted by molar-refractivity contribution is 0.152. The Morgan fingerprint density at radius 1 is 1.27 bits per heavy atom. The van der Waals surface area contributed by atoms with E-state index >= 15 is 0 Å². The molecule has 0 saturated carbocycles. The summed E-state index contributed by atoms with van der Waals surface area (Å²) in [4.78, 5) is 4.51. The summed E-state index contributed by atoms with van der Waals surface area (Å²) < 4.78 is 10.7. The third-order valence-corrected chi connectivity index (χ3v) is 3.46. The highest BCUT2D eigenvalue weighted by Gasteiger charge is 2.12. The Hall–Kier alpha value is -1.56. The molecule has 0 bridgehead atoms. The van der Waals surface area contributed by atoms with E-state index in [1.165, 1.54) is 0 Å². The fourth-order valence-corrected chi connectivity index (χ4v) is 2.19. The highest BCUT2D eigenvalue weighted by atomic mass is 16.5. The van der Waals surface area contributed by atoms with Crippen molar-refractivity contribution in [2.45, 2.75) is 53.0 Å². The second-order valence-corrected chi connectivity index (χ2v) is 5.05. The van der Waals surface area contributed by atoms with Gasteiger partial charge in [0.15, 0.2) is 11.7 Å². The van der Waals surface area contributed by atoms with Crippen LogP contribution in [0.2, 0.25) is 0 Å². The van der Waals surface area contributed by atoms with Gasteiger partial charge in [0, 0.05) is 31.7 Å². The highest BCUT2D eigenvalue weighted by molar-refractivity contribution is 5.79. The molecule has 22 heavy (non-hydrogen) atoms. The zero-order valence-electron chi connectivity index (χ0n) is 14.3. The van der Waals surface area contributed by atoms with Crippen molar-refractivity contribution in [3.8, 4) is 0 Å². The molecule has 2 N–H and O–H groups in total. The van der Waals surface area contributed by atoms with Crippen molar-refractivity contribution in [2.75, 3.05) is 26.3 Å². The smallest absolute Gasteiger partial charge is 0.191 e. The Morgan fingerprint density at radius 3 is 2.68 bits per heavy atom. The first-order valence-electron chi connectivity index (χ1n) is 8.30. The van der Waals surface area contributed by atoms with Crippen LogP contribution in [0.5, 0.6) is 0 Å². The first-order chi connectivity index (χ1) is 10.7. The molecular weight excluding hydrogens is 280 g/mol. The minimum absolute atomic E-state index is 0.471. The number of hydrogen-bond acceptors (Lipinski definition) is 4. The van der Waals surface area contributed by atoms with Gasteiger partial charge in [-0.2, -0.15) is 0 Å². The average molecular weight is 310 g/mol. The lowest BCUT2D eigenvalue weighted by Gasteiger charge is -2.10. The lowest BCUT2D eigenvalue weighted by atomic mass is 9.99. The summed E-state index contributed by atoms with van der Waals surface area (Å²) in [5.74, 6) is 2.03. The first kappa shape index (κ1) is 18.5. The van der Waals surface area contributed by atoms with Gasteiger partial charge < -0.3 is 19.9 Å². The Balaban J connectivity index is 2.54. The molecule has 0 radical (unpaired) electrons. The first-order valence-corrected chi connectivity index (χ1v) is 8.30. The van der Waals surface area contributed by atoms with Crippen LogP contribution in [0.25, 0.3) is 0 Å². The predicted molar refractivity (Wildman–Crippen MR) is 89.1 cm³/mol. The molecule has 0 unspecified atom stereocenters. The van der Waals surface area contributed by atoms with Gasteiger partial charge in [0.1, 0.15) is 6.54 Å². The molecule has 0 fully saturated rings. The highest BCUT2D eigenvalue weighted by Crippen LogP contribution is 2.22. The van der Waals surface area contributed by atoms with Crippen LogP contribution < -0.4 is 10.6 Å². The third kappa shape index (κ3) is 6.47. The number of aromatic nitrogens is 1. The van der Waals surface area contributed by atoms with Crippen LogP contribution >= 0.6 is 0 Å². The minimum Gasteiger partial charge on any atom is -0.380 e. The number of ether oxygens (including phenoxy) is 1. The molecule has 0 spiro atoms. The molecule has 0 aliphatic rings. The van der Waals surface area contributed by atoms with Crippen molar-refractivity contribution in [2.24, 2.45) is 4.99 Å². The lowest BCUT2D eigenvalue weighted by Crippen LogP contribution is -2.38.